The molecule has 0 saturated carbocycles. The summed E-state index contributed by atoms with van der Waals surface area (Å²) in [6.07, 6.45) is -5.45. The van der Waals surface area contributed by atoms with Crippen LogP contribution in [0.4, 0.5) is 13.2 Å². The Kier molecular flexibility index (Phi) is 6.51. The lowest BCUT2D eigenvalue weighted by Gasteiger charge is -2.11. The van der Waals surface area contributed by atoms with Gasteiger partial charge < -0.3 is 19.1 Å². The zero-order chi connectivity index (χ0) is 23.8. The molecule has 174 valence electrons. The second kappa shape index (κ2) is 8.83. The second-order valence-corrected chi connectivity index (χ2v) is 7.43. The second-order valence-electron chi connectivity index (χ2n) is 7.43. The number of fused-ring (bicyclic) bond motifs is 1. The molecule has 2 heterocycles. The van der Waals surface area contributed by atoms with Crippen LogP contribution in [0.3, 0.4) is 0 Å². The highest BCUT2D eigenvalue weighted by molar-refractivity contribution is 5.88. The molecule has 11 heteroatoms. The molecular formula is C21H24F3N3O5. The molecule has 32 heavy (non-hydrogen) atoms. The Morgan fingerprint density at radius 3 is 2.44 bits per heavy atom. The molecule has 0 aliphatic heterocycles. The van der Waals surface area contributed by atoms with Gasteiger partial charge in [0.2, 0.25) is 0 Å². The van der Waals surface area contributed by atoms with Crippen LogP contribution in [-0.2, 0) is 25.4 Å². The van der Waals surface area contributed by atoms with Crippen LogP contribution in [0.5, 0.6) is 5.75 Å². The number of rotatable bonds is 7. The molecule has 1 unspecified atom stereocenters. The van der Waals surface area contributed by atoms with Gasteiger partial charge >= 0.3 is 12.1 Å². The molecule has 0 aliphatic carbocycles. The molecule has 1 N–H and O–H groups in total. The number of alkyl halides is 3. The first-order valence-corrected chi connectivity index (χ1v) is 9.87. The largest absolute Gasteiger partial charge is 0.573 e. The highest BCUT2D eigenvalue weighted by Crippen LogP contribution is 2.33. The van der Waals surface area contributed by atoms with Crippen molar-refractivity contribution >= 4 is 11.0 Å². The summed E-state index contributed by atoms with van der Waals surface area (Å²) in [5, 5.41) is 9.17. The fourth-order valence-corrected chi connectivity index (χ4v) is 3.88. The summed E-state index contributed by atoms with van der Waals surface area (Å²) in [5.41, 5.74) is 1.09. The van der Waals surface area contributed by atoms with Crippen molar-refractivity contribution in [1.82, 2.24) is 13.7 Å². The Hall–Kier alpha value is -3.05. The van der Waals surface area contributed by atoms with Gasteiger partial charge in [-0.2, -0.15) is 0 Å². The molecule has 0 fully saturated rings. The maximum Gasteiger partial charge on any atom is 0.573 e. The standard InChI is InChI=1S/C21H24F3N3O5/c1-12-16(14-7-5-8-15(11-14)32-21(22,23)24)25(3)18-17(12)26(4)20(30)27(19(18)29)9-6-10-31-13(2)28/h5,7-8,11,13,28H,6,9-10H2,1-4H3. The van der Waals surface area contributed by atoms with Gasteiger partial charge in [-0.1, -0.05) is 12.1 Å². The fourth-order valence-electron chi connectivity index (χ4n) is 3.88. The normalized spacial score (nSPS) is 13.0. The molecule has 0 amide bonds. The minimum atomic E-state index is -4.83. The van der Waals surface area contributed by atoms with Crippen molar-refractivity contribution < 1.29 is 27.8 Å². The molecule has 0 bridgehead atoms. The molecule has 0 spiro atoms. The van der Waals surface area contributed by atoms with Crippen LogP contribution >= 0.6 is 0 Å². The molecule has 2 aromatic heterocycles. The van der Waals surface area contributed by atoms with Crippen molar-refractivity contribution in [3.63, 3.8) is 0 Å². The molecule has 1 atom stereocenters. The summed E-state index contributed by atoms with van der Waals surface area (Å²) < 4.78 is 51.0. The molecule has 3 aromatic rings. The average Bonchev–Trinajstić information content (AvgIpc) is 2.95. The molecule has 0 aliphatic rings. The van der Waals surface area contributed by atoms with Gasteiger partial charge in [0.1, 0.15) is 11.3 Å². The van der Waals surface area contributed by atoms with Crippen LogP contribution in [0, 0.1) is 6.92 Å². The SMILES string of the molecule is Cc1c(-c2cccc(OC(F)(F)F)c2)n(C)c2c(=O)n(CCCOC(C)O)c(=O)n(C)c12. The molecule has 0 radical (unpaired) electrons. The van der Waals surface area contributed by atoms with Gasteiger partial charge in [0.05, 0.1) is 17.8 Å². The summed E-state index contributed by atoms with van der Waals surface area (Å²) in [6.45, 7) is 3.41. The van der Waals surface area contributed by atoms with Crippen LogP contribution in [-0.4, -0.2) is 38.1 Å². The first kappa shape index (κ1) is 23.6. The van der Waals surface area contributed by atoms with Crippen LogP contribution in [0.25, 0.3) is 22.3 Å². The Bertz CT molecular complexity index is 1250. The number of halogens is 3. The number of hydrogen-bond acceptors (Lipinski definition) is 5. The van der Waals surface area contributed by atoms with E-state index in [1.54, 1.807) is 24.6 Å². The summed E-state index contributed by atoms with van der Waals surface area (Å²) in [5.74, 6) is -0.385. The summed E-state index contributed by atoms with van der Waals surface area (Å²) in [6, 6.07) is 5.45. The first-order valence-electron chi connectivity index (χ1n) is 9.87. The molecule has 0 saturated heterocycles. The Morgan fingerprint density at radius 2 is 1.81 bits per heavy atom. The number of hydrogen-bond donors (Lipinski definition) is 1. The monoisotopic (exact) mass is 455 g/mol. The zero-order valence-corrected chi connectivity index (χ0v) is 18.1. The van der Waals surface area contributed by atoms with E-state index in [0.717, 1.165) is 4.57 Å². The van der Waals surface area contributed by atoms with Crippen molar-refractivity contribution in [3.05, 3.63) is 50.7 Å². The van der Waals surface area contributed by atoms with Gasteiger partial charge in [-0.15, -0.1) is 13.2 Å². The van der Waals surface area contributed by atoms with Crippen molar-refractivity contribution in [3.8, 4) is 17.0 Å². The van der Waals surface area contributed by atoms with E-state index in [2.05, 4.69) is 4.74 Å². The van der Waals surface area contributed by atoms with Gasteiger partial charge in [-0.05, 0) is 38.0 Å². The zero-order valence-electron chi connectivity index (χ0n) is 18.1. The van der Waals surface area contributed by atoms with E-state index in [-0.39, 0.29) is 24.4 Å². The highest BCUT2D eigenvalue weighted by Gasteiger charge is 2.31. The van der Waals surface area contributed by atoms with Crippen LogP contribution in [0.2, 0.25) is 0 Å². The number of aliphatic hydroxyl groups is 1. The third kappa shape index (κ3) is 4.58. The average molecular weight is 455 g/mol. The third-order valence-electron chi connectivity index (χ3n) is 5.13. The van der Waals surface area contributed by atoms with Crippen molar-refractivity contribution in [2.24, 2.45) is 14.1 Å². The number of aliphatic hydroxyl groups excluding tert-OH is 1. The van der Waals surface area contributed by atoms with Gasteiger partial charge in [0, 0.05) is 26.2 Å². The molecule has 1 aromatic carbocycles. The quantitative estimate of drug-likeness (QED) is 0.437. The Balaban J connectivity index is 2.13. The molecule has 8 nitrogen and oxygen atoms in total. The van der Waals surface area contributed by atoms with E-state index in [0.29, 0.717) is 28.8 Å². The summed E-state index contributed by atoms with van der Waals surface area (Å²) in [4.78, 5) is 26.0. The Labute approximate surface area is 181 Å². The number of nitrogens with zero attached hydrogens (tertiary/aromatic N) is 3. The fraction of sp³-hybridized carbons (Fsp3) is 0.429. The smallest absolute Gasteiger partial charge is 0.406 e. The lowest BCUT2D eigenvalue weighted by molar-refractivity contribution is -0.274. The molecular weight excluding hydrogens is 431 g/mol. The molecule has 3 rings (SSSR count). The van der Waals surface area contributed by atoms with Gasteiger partial charge in [-0.25, -0.2) is 4.79 Å². The highest BCUT2D eigenvalue weighted by atomic mass is 19.4. The van der Waals surface area contributed by atoms with Crippen molar-refractivity contribution in [2.45, 2.75) is 39.5 Å². The lowest BCUT2D eigenvalue weighted by atomic mass is 10.1. The van der Waals surface area contributed by atoms with Crippen LogP contribution in [0.1, 0.15) is 18.9 Å². The van der Waals surface area contributed by atoms with E-state index >= 15 is 0 Å². The van der Waals surface area contributed by atoms with Crippen molar-refractivity contribution in [2.75, 3.05) is 6.61 Å². The Morgan fingerprint density at radius 1 is 1.12 bits per heavy atom. The lowest BCUT2D eigenvalue weighted by Crippen LogP contribution is -2.39. The third-order valence-corrected chi connectivity index (χ3v) is 5.13. The van der Waals surface area contributed by atoms with E-state index in [1.807, 2.05) is 0 Å². The maximum absolute atomic E-state index is 13.2. The van der Waals surface area contributed by atoms with E-state index in [9.17, 15) is 27.9 Å². The van der Waals surface area contributed by atoms with Gasteiger partial charge in [-0.3, -0.25) is 13.9 Å². The summed E-state index contributed by atoms with van der Waals surface area (Å²) >= 11 is 0. The number of benzene rings is 1. The number of aromatic nitrogens is 3. The predicted octanol–water partition coefficient (Wildman–Crippen LogP) is 2.66. The van der Waals surface area contributed by atoms with Crippen LogP contribution in [0.15, 0.2) is 33.9 Å². The minimum absolute atomic E-state index is 0.0859. The minimum Gasteiger partial charge on any atom is -0.406 e. The first-order chi connectivity index (χ1) is 14.9. The van der Waals surface area contributed by atoms with E-state index < -0.39 is 23.9 Å². The topological polar surface area (TPSA) is 87.6 Å². The summed E-state index contributed by atoms with van der Waals surface area (Å²) in [7, 11) is 3.15. The van der Waals surface area contributed by atoms with E-state index in [1.165, 1.54) is 36.7 Å². The van der Waals surface area contributed by atoms with Gasteiger partial charge in [0.15, 0.2) is 6.29 Å². The number of aryl methyl sites for hydroxylation is 3. The number of ether oxygens (including phenoxy) is 2. The van der Waals surface area contributed by atoms with Crippen LogP contribution < -0.4 is 16.0 Å². The van der Waals surface area contributed by atoms with E-state index in [4.69, 9.17) is 4.74 Å². The predicted molar refractivity (Wildman–Crippen MR) is 112 cm³/mol. The van der Waals surface area contributed by atoms with Crippen molar-refractivity contribution in [1.29, 1.82) is 0 Å². The maximum atomic E-state index is 13.2. The van der Waals surface area contributed by atoms with Gasteiger partial charge in [0.25, 0.3) is 5.56 Å².